The van der Waals surface area contributed by atoms with Crippen LogP contribution in [-0.4, -0.2) is 18.8 Å². The smallest absolute Gasteiger partial charge is 0.437 e. The van der Waals surface area contributed by atoms with Crippen LogP contribution in [0.25, 0.3) is 0 Å². The standard InChI is InChI=1S/C6H5F3N2O2/c1-2-13-5(12)3-4(11-10-3)6(7,8)9/h2H2,1H3. The van der Waals surface area contributed by atoms with E-state index >= 15 is 0 Å². The molecule has 0 fully saturated rings. The van der Waals surface area contributed by atoms with Gasteiger partial charge in [-0.05, 0) is 6.92 Å². The van der Waals surface area contributed by atoms with Crippen molar-refractivity contribution in [2.45, 2.75) is 13.1 Å². The molecular formula is C6H5F3N2O2. The molecule has 13 heavy (non-hydrogen) atoms. The van der Waals surface area contributed by atoms with Crippen LogP contribution in [0.4, 0.5) is 13.2 Å². The molecule has 0 aromatic rings. The van der Waals surface area contributed by atoms with E-state index in [1.165, 1.54) is 6.92 Å². The Labute approximate surface area is 71.1 Å². The van der Waals surface area contributed by atoms with Gasteiger partial charge in [-0.25, -0.2) is 4.79 Å². The SMILES string of the molecule is CCOC(=O)C1=C(C(F)(F)F)N=N1. The molecular weight excluding hydrogens is 189 g/mol. The molecule has 0 aromatic carbocycles. The van der Waals surface area contributed by atoms with Crippen LogP contribution in [0.3, 0.4) is 0 Å². The first kappa shape index (κ1) is 9.69. The maximum absolute atomic E-state index is 11.9. The first-order valence-corrected chi connectivity index (χ1v) is 3.37. The highest BCUT2D eigenvalue weighted by atomic mass is 19.4. The fraction of sp³-hybridized carbons (Fsp3) is 0.500. The van der Waals surface area contributed by atoms with Crippen LogP contribution in [0, 0.1) is 0 Å². The largest absolute Gasteiger partial charge is 0.461 e. The van der Waals surface area contributed by atoms with Crippen molar-refractivity contribution in [1.29, 1.82) is 0 Å². The molecule has 0 spiro atoms. The minimum Gasteiger partial charge on any atom is -0.461 e. The second-order valence-electron chi connectivity index (χ2n) is 2.12. The van der Waals surface area contributed by atoms with Crippen molar-refractivity contribution in [3.63, 3.8) is 0 Å². The second kappa shape index (κ2) is 3.15. The van der Waals surface area contributed by atoms with Gasteiger partial charge in [-0.15, -0.1) is 10.2 Å². The summed E-state index contributed by atoms with van der Waals surface area (Å²) >= 11 is 0. The Hall–Kier alpha value is -1.40. The molecule has 0 saturated carbocycles. The van der Waals surface area contributed by atoms with Crippen molar-refractivity contribution in [3.8, 4) is 0 Å². The number of nitrogens with zero attached hydrogens (tertiary/aromatic N) is 2. The molecule has 0 radical (unpaired) electrons. The maximum atomic E-state index is 11.9. The highest BCUT2D eigenvalue weighted by molar-refractivity contribution is 5.90. The predicted octanol–water partition coefficient (Wildman–Crippen LogP) is 1.79. The van der Waals surface area contributed by atoms with Gasteiger partial charge in [-0.2, -0.15) is 13.2 Å². The van der Waals surface area contributed by atoms with Gasteiger partial charge in [0.05, 0.1) is 6.61 Å². The topological polar surface area (TPSA) is 51.0 Å². The maximum Gasteiger partial charge on any atom is 0.437 e. The molecule has 0 aliphatic carbocycles. The summed E-state index contributed by atoms with van der Waals surface area (Å²) in [6.07, 6.45) is -4.64. The lowest BCUT2D eigenvalue weighted by Crippen LogP contribution is -2.21. The van der Waals surface area contributed by atoms with Gasteiger partial charge >= 0.3 is 12.1 Å². The molecule has 0 unspecified atom stereocenters. The van der Waals surface area contributed by atoms with E-state index in [4.69, 9.17) is 0 Å². The number of halogens is 3. The van der Waals surface area contributed by atoms with E-state index in [9.17, 15) is 18.0 Å². The average molecular weight is 194 g/mol. The van der Waals surface area contributed by atoms with Crippen LogP contribution in [0.2, 0.25) is 0 Å². The molecule has 0 saturated heterocycles. The Balaban J connectivity index is 2.77. The Morgan fingerprint density at radius 1 is 1.46 bits per heavy atom. The number of carbonyl (C=O) groups is 1. The summed E-state index contributed by atoms with van der Waals surface area (Å²) in [6, 6.07) is 0. The zero-order chi connectivity index (χ0) is 10.1. The first-order chi connectivity index (χ1) is 5.96. The zero-order valence-electron chi connectivity index (χ0n) is 6.55. The third-order valence-corrected chi connectivity index (χ3v) is 1.21. The van der Waals surface area contributed by atoms with Crippen LogP contribution in [0.1, 0.15) is 6.92 Å². The molecule has 0 amide bonds. The Morgan fingerprint density at radius 2 is 2.08 bits per heavy atom. The number of allylic oxidation sites excluding steroid dienone is 1. The average Bonchev–Trinajstić information content (AvgIpc) is 1.79. The number of esters is 1. The number of azo groups is 1. The third-order valence-electron chi connectivity index (χ3n) is 1.21. The molecule has 1 aliphatic heterocycles. The van der Waals surface area contributed by atoms with Gasteiger partial charge in [0, 0.05) is 0 Å². The predicted molar refractivity (Wildman–Crippen MR) is 34.6 cm³/mol. The highest BCUT2D eigenvalue weighted by Crippen LogP contribution is 2.35. The summed E-state index contributed by atoms with van der Waals surface area (Å²) in [6.45, 7) is 1.49. The van der Waals surface area contributed by atoms with Crippen molar-refractivity contribution in [1.82, 2.24) is 0 Å². The van der Waals surface area contributed by atoms with Gasteiger partial charge in [-0.3, -0.25) is 0 Å². The first-order valence-electron chi connectivity index (χ1n) is 3.37. The van der Waals surface area contributed by atoms with Crippen LogP contribution in [0.5, 0.6) is 0 Å². The van der Waals surface area contributed by atoms with Gasteiger partial charge in [0.15, 0.2) is 0 Å². The quantitative estimate of drug-likeness (QED) is 0.629. The van der Waals surface area contributed by atoms with Crippen molar-refractivity contribution in [2.24, 2.45) is 10.2 Å². The van der Waals surface area contributed by atoms with Crippen LogP contribution in [-0.2, 0) is 9.53 Å². The molecule has 72 valence electrons. The number of alkyl halides is 3. The minimum atomic E-state index is -4.64. The summed E-state index contributed by atoms with van der Waals surface area (Å²) in [7, 11) is 0. The van der Waals surface area contributed by atoms with E-state index in [1.807, 2.05) is 0 Å². The highest BCUT2D eigenvalue weighted by Gasteiger charge is 2.43. The van der Waals surface area contributed by atoms with Gasteiger partial charge in [0.1, 0.15) is 0 Å². The molecule has 0 aromatic heterocycles. The Morgan fingerprint density at radius 3 is 2.38 bits per heavy atom. The summed E-state index contributed by atoms with van der Waals surface area (Å²) < 4.78 is 40.1. The minimum absolute atomic E-state index is 0.00297. The lowest BCUT2D eigenvalue weighted by Gasteiger charge is -2.14. The van der Waals surface area contributed by atoms with E-state index in [0.29, 0.717) is 0 Å². The number of hydrogen-bond donors (Lipinski definition) is 0. The zero-order valence-corrected chi connectivity index (χ0v) is 6.55. The number of hydrogen-bond acceptors (Lipinski definition) is 4. The van der Waals surface area contributed by atoms with Crippen molar-refractivity contribution < 1.29 is 22.7 Å². The second-order valence-corrected chi connectivity index (χ2v) is 2.12. The molecule has 7 heteroatoms. The van der Waals surface area contributed by atoms with E-state index in [-0.39, 0.29) is 6.61 Å². The summed E-state index contributed by atoms with van der Waals surface area (Å²) in [5.41, 5.74) is -2.03. The number of carbonyl (C=O) groups excluding carboxylic acids is 1. The number of rotatable bonds is 2. The lowest BCUT2D eigenvalue weighted by molar-refractivity contribution is -0.140. The van der Waals surface area contributed by atoms with Gasteiger partial charge in [0.2, 0.25) is 11.4 Å². The fourth-order valence-corrected chi connectivity index (χ4v) is 0.678. The summed E-state index contributed by atoms with van der Waals surface area (Å²) in [5.74, 6) is -1.09. The van der Waals surface area contributed by atoms with E-state index < -0.39 is 23.5 Å². The van der Waals surface area contributed by atoms with Crippen LogP contribution >= 0.6 is 0 Å². The molecule has 1 heterocycles. The van der Waals surface area contributed by atoms with Gasteiger partial charge in [0.25, 0.3) is 0 Å². The van der Waals surface area contributed by atoms with Gasteiger partial charge < -0.3 is 4.74 Å². The van der Waals surface area contributed by atoms with Crippen molar-refractivity contribution in [3.05, 3.63) is 11.4 Å². The Kier molecular flexibility index (Phi) is 2.35. The van der Waals surface area contributed by atoms with Gasteiger partial charge in [-0.1, -0.05) is 0 Å². The molecule has 4 nitrogen and oxygen atoms in total. The normalized spacial score (nSPS) is 15.7. The van der Waals surface area contributed by atoms with E-state index in [2.05, 4.69) is 15.0 Å². The molecule has 0 bridgehead atoms. The Bertz CT molecular complexity index is 293. The van der Waals surface area contributed by atoms with Crippen molar-refractivity contribution in [2.75, 3.05) is 6.61 Å². The van der Waals surface area contributed by atoms with Crippen molar-refractivity contribution >= 4 is 5.97 Å². The van der Waals surface area contributed by atoms with E-state index in [1.54, 1.807) is 0 Å². The molecule has 0 N–H and O–H groups in total. The molecule has 1 rings (SSSR count). The molecule has 0 atom stereocenters. The molecule has 1 aliphatic rings. The third kappa shape index (κ3) is 1.85. The van der Waals surface area contributed by atoms with Crippen LogP contribution < -0.4 is 0 Å². The van der Waals surface area contributed by atoms with E-state index in [0.717, 1.165) is 0 Å². The fourth-order valence-electron chi connectivity index (χ4n) is 0.678. The lowest BCUT2D eigenvalue weighted by atomic mass is 10.3. The van der Waals surface area contributed by atoms with Crippen LogP contribution in [0.15, 0.2) is 21.6 Å². The summed E-state index contributed by atoms with van der Waals surface area (Å²) in [5, 5.41) is 5.65. The monoisotopic (exact) mass is 194 g/mol. The number of ether oxygens (including phenoxy) is 1. The summed E-state index contributed by atoms with van der Waals surface area (Å²) in [4.78, 5) is 10.7.